The summed E-state index contributed by atoms with van der Waals surface area (Å²) in [5, 5.41) is 9.38. The number of likely N-dealkylation sites (tertiary alicyclic amines) is 2. The number of fused-ring (bicyclic) bond motifs is 2. The summed E-state index contributed by atoms with van der Waals surface area (Å²) in [6.07, 6.45) is 6.58. The van der Waals surface area contributed by atoms with Crippen LogP contribution < -0.4 is 20.9 Å². The van der Waals surface area contributed by atoms with Crippen LogP contribution in [0.1, 0.15) is 65.7 Å². The molecule has 49 heavy (non-hydrogen) atoms. The van der Waals surface area contributed by atoms with Crippen molar-refractivity contribution in [2.24, 2.45) is 11.5 Å². The van der Waals surface area contributed by atoms with Gasteiger partial charge < -0.3 is 20.9 Å². The van der Waals surface area contributed by atoms with Gasteiger partial charge in [0.25, 0.3) is 0 Å². The molecule has 0 unspecified atom stereocenters. The molecular weight excluding hydrogens is 674 g/mol. The van der Waals surface area contributed by atoms with Crippen LogP contribution in [0.2, 0.25) is 0 Å². The lowest BCUT2D eigenvalue weighted by atomic mass is 10.0. The minimum atomic E-state index is -0.0593. The molecule has 4 N–H and O–H groups in total. The van der Waals surface area contributed by atoms with E-state index >= 15 is 0 Å². The zero-order valence-corrected chi connectivity index (χ0v) is 29.5. The average molecular weight is 721 g/mol. The van der Waals surface area contributed by atoms with Crippen molar-refractivity contribution in [2.75, 3.05) is 26.2 Å². The van der Waals surface area contributed by atoms with Crippen molar-refractivity contribution < 1.29 is 9.47 Å². The van der Waals surface area contributed by atoms with Crippen molar-refractivity contribution in [3.63, 3.8) is 0 Å². The van der Waals surface area contributed by atoms with Crippen LogP contribution in [0.3, 0.4) is 0 Å². The summed E-state index contributed by atoms with van der Waals surface area (Å²) >= 11 is 3.49. The topological polar surface area (TPSA) is 101 Å². The minimum Gasteiger partial charge on any atom is -0.484 e. The number of para-hydroxylation sites is 1. The van der Waals surface area contributed by atoms with E-state index in [0.717, 1.165) is 68.5 Å². The molecule has 2 aliphatic heterocycles. The number of nitriles is 1. The Kier molecular flexibility index (Phi) is 10.6. The number of hydrogen-bond acceptors (Lipinski definition) is 7. The molecule has 0 radical (unpaired) electrons. The second-order valence-corrected chi connectivity index (χ2v) is 14.8. The maximum absolute atomic E-state index is 9.38. The Morgan fingerprint density at radius 3 is 1.71 bits per heavy atom. The minimum absolute atomic E-state index is 0.0593. The van der Waals surface area contributed by atoms with E-state index in [2.05, 4.69) is 80.3 Å². The smallest absolute Gasteiger partial charge is 0.140 e. The van der Waals surface area contributed by atoms with E-state index in [0.29, 0.717) is 17.4 Å². The van der Waals surface area contributed by atoms with E-state index in [1.807, 2.05) is 48.5 Å². The Balaban J connectivity index is 0.000000154. The van der Waals surface area contributed by atoms with E-state index in [9.17, 15) is 5.26 Å². The third kappa shape index (κ3) is 7.72. The van der Waals surface area contributed by atoms with Gasteiger partial charge in [0.2, 0.25) is 0 Å². The van der Waals surface area contributed by atoms with Crippen LogP contribution in [0.5, 0.6) is 11.5 Å². The van der Waals surface area contributed by atoms with Gasteiger partial charge in [-0.2, -0.15) is 5.26 Å². The molecule has 8 rings (SSSR count). The predicted molar refractivity (Wildman–Crippen MR) is 197 cm³/mol. The molecule has 2 fully saturated rings. The van der Waals surface area contributed by atoms with Crippen molar-refractivity contribution in [2.45, 2.75) is 74.9 Å². The zero-order valence-electron chi connectivity index (χ0n) is 28.0. The Labute approximate surface area is 298 Å². The second-order valence-electron chi connectivity index (χ2n) is 13.9. The molecule has 2 heterocycles. The third-order valence-corrected chi connectivity index (χ3v) is 11.1. The summed E-state index contributed by atoms with van der Waals surface area (Å²) in [6.45, 7) is 4.07. The summed E-state index contributed by atoms with van der Waals surface area (Å²) in [7, 11) is 0. The molecule has 2 saturated heterocycles. The second kappa shape index (κ2) is 15.5. The zero-order chi connectivity index (χ0) is 33.7. The van der Waals surface area contributed by atoms with Gasteiger partial charge in [-0.25, -0.2) is 0 Å². The van der Waals surface area contributed by atoms with Crippen LogP contribution in [0.25, 0.3) is 0 Å². The first kappa shape index (κ1) is 33.8. The monoisotopic (exact) mass is 719 g/mol. The molecule has 4 aromatic carbocycles. The van der Waals surface area contributed by atoms with Crippen molar-refractivity contribution in [1.29, 1.82) is 5.26 Å². The van der Waals surface area contributed by atoms with Gasteiger partial charge in [-0.05, 0) is 110 Å². The van der Waals surface area contributed by atoms with E-state index < -0.39 is 0 Å². The summed E-state index contributed by atoms with van der Waals surface area (Å²) in [5.41, 5.74) is 18.3. The van der Waals surface area contributed by atoms with Gasteiger partial charge in [0, 0.05) is 29.6 Å². The van der Waals surface area contributed by atoms with E-state index in [4.69, 9.17) is 20.9 Å². The van der Waals surface area contributed by atoms with Gasteiger partial charge in [-0.3, -0.25) is 9.80 Å². The molecular formula is C41H46BrN5O2. The number of piperidine rings is 2. The van der Waals surface area contributed by atoms with E-state index in [1.54, 1.807) is 0 Å². The Morgan fingerprint density at radius 1 is 0.653 bits per heavy atom. The van der Waals surface area contributed by atoms with Gasteiger partial charge in [0.05, 0.1) is 17.6 Å². The molecule has 0 saturated carbocycles. The summed E-state index contributed by atoms with van der Waals surface area (Å²) < 4.78 is 13.9. The summed E-state index contributed by atoms with van der Waals surface area (Å²) in [5.74, 6) is 1.59. The Morgan fingerprint density at radius 2 is 1.16 bits per heavy atom. The van der Waals surface area contributed by atoms with Crippen molar-refractivity contribution in [3.05, 3.63) is 129 Å². The molecule has 6 atom stereocenters. The van der Waals surface area contributed by atoms with Gasteiger partial charge in [-0.1, -0.05) is 76.6 Å². The number of nitrogens with two attached hydrogens (primary N) is 2. The fourth-order valence-corrected chi connectivity index (χ4v) is 8.41. The Bertz CT molecular complexity index is 1760. The molecule has 8 heteroatoms. The average Bonchev–Trinajstić information content (AvgIpc) is 3.68. The first-order valence-electron chi connectivity index (χ1n) is 17.7. The number of benzene rings is 4. The highest BCUT2D eigenvalue weighted by Crippen LogP contribution is 2.40. The summed E-state index contributed by atoms with van der Waals surface area (Å²) in [6, 6.07) is 36.2. The normalized spacial score (nSPS) is 26.5. The molecule has 0 amide bonds. The third-order valence-electron chi connectivity index (χ3n) is 10.5. The molecule has 7 nitrogen and oxygen atoms in total. The molecule has 4 aromatic rings. The SMILES string of the molecule is N#Cc1ccccc1O[C@@H]1c2ccccc2C[C@H]1N1CCC[C@@H](N)C1.N[C@@H]1CCCN([C@@H]2Cc3ccccc3[C@H]2Oc2ccc(Br)cc2)C1. The fraction of sp³-hybridized carbons (Fsp3) is 0.390. The van der Waals surface area contributed by atoms with Crippen molar-refractivity contribution >= 4 is 15.9 Å². The summed E-state index contributed by atoms with van der Waals surface area (Å²) in [4.78, 5) is 5.02. The molecule has 2 aliphatic carbocycles. The highest BCUT2D eigenvalue weighted by molar-refractivity contribution is 9.10. The molecule has 4 aliphatic rings. The van der Waals surface area contributed by atoms with Crippen molar-refractivity contribution in [1.82, 2.24) is 9.80 Å². The first-order chi connectivity index (χ1) is 24.0. The van der Waals surface area contributed by atoms with Crippen LogP contribution in [0.4, 0.5) is 0 Å². The fourth-order valence-electron chi connectivity index (χ4n) is 8.14. The lowest BCUT2D eigenvalue weighted by Gasteiger charge is -2.38. The maximum atomic E-state index is 9.38. The molecule has 254 valence electrons. The number of rotatable bonds is 6. The first-order valence-corrected chi connectivity index (χ1v) is 18.5. The van der Waals surface area contributed by atoms with E-state index in [-0.39, 0.29) is 30.3 Å². The standard InChI is InChI=1S/C21H23N3O.C20H23BrN2O/c22-13-16-7-2-4-10-20(16)25-21-18-9-3-1-6-15(18)12-19(21)24-11-5-8-17(23)14-24;21-15-7-9-17(10-8-15)24-20-18-6-2-1-4-14(18)12-19(20)23-11-3-5-16(22)13-23/h1-4,6-7,9-10,17,19,21H,5,8,11-12,14,23H2;1-2,4,6-10,16,19-20H,3,5,11-13,22H2/t17-,19-,21-;16-,19-,20-/m11/s1. The highest BCUT2D eigenvalue weighted by atomic mass is 79.9. The highest BCUT2D eigenvalue weighted by Gasteiger charge is 2.40. The number of halogens is 1. The van der Waals surface area contributed by atoms with Crippen LogP contribution >= 0.6 is 15.9 Å². The molecule has 0 bridgehead atoms. The quantitative estimate of drug-likeness (QED) is 0.223. The van der Waals surface area contributed by atoms with Crippen LogP contribution in [0, 0.1) is 11.3 Å². The van der Waals surface area contributed by atoms with Gasteiger partial charge in [0.1, 0.15) is 29.8 Å². The van der Waals surface area contributed by atoms with Crippen LogP contribution in [-0.2, 0) is 12.8 Å². The van der Waals surface area contributed by atoms with Crippen LogP contribution in [-0.4, -0.2) is 60.1 Å². The molecule has 0 aromatic heterocycles. The maximum Gasteiger partial charge on any atom is 0.140 e. The lowest BCUT2D eigenvalue weighted by Crippen LogP contribution is -2.49. The van der Waals surface area contributed by atoms with Gasteiger partial charge in [0.15, 0.2) is 0 Å². The van der Waals surface area contributed by atoms with Crippen molar-refractivity contribution in [3.8, 4) is 17.6 Å². The largest absolute Gasteiger partial charge is 0.484 e. The number of hydrogen-bond donors (Lipinski definition) is 2. The predicted octanol–water partition coefficient (Wildman–Crippen LogP) is 6.94. The van der Waals surface area contributed by atoms with Gasteiger partial charge >= 0.3 is 0 Å². The number of ether oxygens (including phenoxy) is 2. The number of nitrogens with zero attached hydrogens (tertiary/aromatic N) is 3. The Hall–Kier alpha value is -3.71. The molecule has 0 spiro atoms. The lowest BCUT2D eigenvalue weighted by molar-refractivity contribution is 0.0591. The van der Waals surface area contributed by atoms with E-state index in [1.165, 1.54) is 28.7 Å². The van der Waals surface area contributed by atoms with Crippen LogP contribution in [0.15, 0.2) is 102 Å². The van der Waals surface area contributed by atoms with Gasteiger partial charge in [-0.15, -0.1) is 0 Å².